The number of amidine groups is 1. The van der Waals surface area contributed by atoms with Crippen molar-refractivity contribution in [2.75, 3.05) is 13.2 Å². The number of aliphatic imine (C=N–C) groups is 1. The maximum atomic E-state index is 11.5. The largest absolute Gasteiger partial charge is 0.465 e. The van der Waals surface area contributed by atoms with Crippen LogP contribution in [-0.4, -0.2) is 37.9 Å². The number of ether oxygens (including phenoxy) is 1. The fourth-order valence-corrected chi connectivity index (χ4v) is 2.16. The third-order valence-corrected chi connectivity index (χ3v) is 2.98. The van der Waals surface area contributed by atoms with E-state index in [1.807, 2.05) is 0 Å². The van der Waals surface area contributed by atoms with Crippen molar-refractivity contribution in [3.8, 4) is 0 Å². The van der Waals surface area contributed by atoms with E-state index in [1.165, 1.54) is 0 Å². The first kappa shape index (κ1) is 11.8. The van der Waals surface area contributed by atoms with Crippen molar-refractivity contribution < 1.29 is 17.9 Å². The van der Waals surface area contributed by atoms with Gasteiger partial charge in [0, 0.05) is 6.54 Å². The number of carbonyl (C=O) groups excluding carboxylic acids is 1. The van der Waals surface area contributed by atoms with E-state index in [-0.39, 0.29) is 19.2 Å². The van der Waals surface area contributed by atoms with Crippen molar-refractivity contribution >= 4 is 22.3 Å². The number of hydrogen-bond acceptors (Lipinski definition) is 4. The Hall–Kier alpha value is -1.31. The molecule has 0 fully saturated rings. The van der Waals surface area contributed by atoms with Crippen LogP contribution in [0.5, 0.6) is 0 Å². The fraction of sp³-hybridized carbons (Fsp3) is 0.714. The van der Waals surface area contributed by atoms with Gasteiger partial charge < -0.3 is 4.74 Å². The standard InChI is InChI=1S/C7H13N3O4S/c1-3-5-10-7(11)8-6(14-4-2)9-15(10,12)13/h3-5H2,1-2H3,(H,8,9,11). The number of hydrogen-bond donors (Lipinski definition) is 1. The van der Waals surface area contributed by atoms with Crippen molar-refractivity contribution in [2.24, 2.45) is 4.99 Å². The average molecular weight is 235 g/mol. The molecule has 0 aromatic rings. The summed E-state index contributed by atoms with van der Waals surface area (Å²) in [6.45, 7) is 3.78. The van der Waals surface area contributed by atoms with Crippen molar-refractivity contribution in [2.45, 2.75) is 20.3 Å². The van der Waals surface area contributed by atoms with Gasteiger partial charge in [0.25, 0.3) is 0 Å². The summed E-state index contributed by atoms with van der Waals surface area (Å²) in [5.41, 5.74) is 0. The van der Waals surface area contributed by atoms with Gasteiger partial charge in [0.15, 0.2) is 0 Å². The number of carbonyl (C=O) groups is 1. The Kier molecular flexibility index (Phi) is 3.51. The minimum absolute atomic E-state index is 0.108. The van der Waals surface area contributed by atoms with Crippen LogP contribution in [0.25, 0.3) is 0 Å². The summed E-state index contributed by atoms with van der Waals surface area (Å²) in [5, 5.41) is 0. The van der Waals surface area contributed by atoms with Gasteiger partial charge in [-0.1, -0.05) is 6.92 Å². The molecule has 0 bridgehead atoms. The van der Waals surface area contributed by atoms with E-state index >= 15 is 0 Å². The van der Waals surface area contributed by atoms with Crippen LogP contribution < -0.4 is 4.72 Å². The lowest BCUT2D eigenvalue weighted by molar-refractivity contribution is 0.227. The molecule has 0 radical (unpaired) electrons. The SMILES string of the molecule is CCCN1C(=O)N=C(OCC)NS1(=O)=O. The molecule has 1 aliphatic rings. The highest BCUT2D eigenvalue weighted by atomic mass is 32.2. The second kappa shape index (κ2) is 4.47. The Balaban J connectivity index is 2.93. The zero-order valence-corrected chi connectivity index (χ0v) is 9.37. The molecule has 15 heavy (non-hydrogen) atoms. The molecule has 0 saturated carbocycles. The van der Waals surface area contributed by atoms with E-state index in [4.69, 9.17) is 4.74 Å². The van der Waals surface area contributed by atoms with Crippen LogP contribution in [0.2, 0.25) is 0 Å². The molecular formula is C7H13N3O4S. The lowest BCUT2D eigenvalue weighted by Crippen LogP contribution is -2.51. The third-order valence-electron chi connectivity index (χ3n) is 1.62. The quantitative estimate of drug-likeness (QED) is 0.749. The van der Waals surface area contributed by atoms with E-state index < -0.39 is 16.2 Å². The van der Waals surface area contributed by atoms with Crippen LogP contribution in [0.1, 0.15) is 20.3 Å². The summed E-state index contributed by atoms with van der Waals surface area (Å²) in [6, 6.07) is -1.09. The van der Waals surface area contributed by atoms with Gasteiger partial charge in [0.05, 0.1) is 6.61 Å². The number of rotatable bonds is 3. The normalized spacial score (nSPS) is 19.5. The molecule has 0 aromatic carbocycles. The van der Waals surface area contributed by atoms with Gasteiger partial charge in [0.1, 0.15) is 0 Å². The topological polar surface area (TPSA) is 88.1 Å². The monoisotopic (exact) mass is 235 g/mol. The highest BCUT2D eigenvalue weighted by Crippen LogP contribution is 2.08. The van der Waals surface area contributed by atoms with E-state index in [0.29, 0.717) is 10.7 Å². The fourth-order valence-electron chi connectivity index (χ4n) is 1.05. The van der Waals surface area contributed by atoms with Gasteiger partial charge in [0.2, 0.25) is 0 Å². The number of urea groups is 1. The highest BCUT2D eigenvalue weighted by molar-refractivity contribution is 7.88. The zero-order chi connectivity index (χ0) is 11.5. The van der Waals surface area contributed by atoms with Gasteiger partial charge in [-0.25, -0.2) is 13.8 Å². The number of nitrogens with one attached hydrogen (secondary N) is 1. The minimum atomic E-state index is -3.83. The zero-order valence-electron chi connectivity index (χ0n) is 8.56. The van der Waals surface area contributed by atoms with E-state index in [2.05, 4.69) is 9.71 Å². The summed E-state index contributed by atoms with van der Waals surface area (Å²) >= 11 is 0. The molecule has 0 unspecified atom stereocenters. The van der Waals surface area contributed by atoms with Crippen LogP contribution in [0.15, 0.2) is 4.99 Å². The molecule has 7 nitrogen and oxygen atoms in total. The Morgan fingerprint density at radius 1 is 1.47 bits per heavy atom. The van der Waals surface area contributed by atoms with Gasteiger partial charge in [-0.3, -0.25) is 0 Å². The lowest BCUT2D eigenvalue weighted by atomic mass is 10.5. The summed E-state index contributed by atoms with van der Waals surface area (Å²) in [5.74, 6) is 0. The van der Waals surface area contributed by atoms with Crippen molar-refractivity contribution in [3.63, 3.8) is 0 Å². The minimum Gasteiger partial charge on any atom is -0.465 e. The van der Waals surface area contributed by atoms with Gasteiger partial charge in [-0.15, -0.1) is 4.99 Å². The molecular weight excluding hydrogens is 222 g/mol. The summed E-state index contributed by atoms with van der Waals surface area (Å²) in [4.78, 5) is 14.8. The Morgan fingerprint density at radius 3 is 2.60 bits per heavy atom. The van der Waals surface area contributed by atoms with Crippen LogP contribution in [0.3, 0.4) is 0 Å². The van der Waals surface area contributed by atoms with Crippen LogP contribution >= 0.6 is 0 Å². The molecule has 0 aliphatic carbocycles. The Labute approximate surface area is 88.3 Å². The van der Waals surface area contributed by atoms with Gasteiger partial charge >= 0.3 is 22.3 Å². The maximum absolute atomic E-state index is 11.5. The first-order chi connectivity index (χ1) is 7.01. The Bertz CT molecular complexity index is 376. The van der Waals surface area contributed by atoms with Crippen LogP contribution in [0, 0.1) is 0 Å². The van der Waals surface area contributed by atoms with E-state index in [9.17, 15) is 13.2 Å². The smallest absolute Gasteiger partial charge is 0.363 e. The molecule has 86 valence electrons. The molecule has 0 atom stereocenters. The number of nitrogens with zero attached hydrogens (tertiary/aromatic N) is 2. The second-order valence-electron chi connectivity index (χ2n) is 2.81. The molecule has 8 heteroatoms. The average Bonchev–Trinajstić information content (AvgIpc) is 2.11. The predicted molar refractivity (Wildman–Crippen MR) is 53.5 cm³/mol. The van der Waals surface area contributed by atoms with Crippen LogP contribution in [-0.2, 0) is 14.9 Å². The first-order valence-corrected chi connectivity index (χ1v) is 6.01. The Morgan fingerprint density at radius 2 is 2.13 bits per heavy atom. The summed E-state index contributed by atoms with van der Waals surface area (Å²) in [7, 11) is -3.83. The van der Waals surface area contributed by atoms with Crippen LogP contribution in [0.4, 0.5) is 4.79 Å². The van der Waals surface area contributed by atoms with Gasteiger partial charge in [-0.05, 0) is 13.3 Å². The molecule has 0 saturated heterocycles. The predicted octanol–water partition coefficient (Wildman–Crippen LogP) is 0.0589. The lowest BCUT2D eigenvalue weighted by Gasteiger charge is -2.24. The van der Waals surface area contributed by atoms with E-state index in [0.717, 1.165) is 0 Å². The molecule has 1 aliphatic heterocycles. The van der Waals surface area contributed by atoms with Crippen molar-refractivity contribution in [1.29, 1.82) is 0 Å². The molecule has 2 amide bonds. The van der Waals surface area contributed by atoms with Gasteiger partial charge in [-0.2, -0.15) is 8.42 Å². The second-order valence-corrected chi connectivity index (χ2v) is 4.41. The van der Waals surface area contributed by atoms with Crippen molar-refractivity contribution in [1.82, 2.24) is 9.03 Å². The third kappa shape index (κ3) is 2.58. The molecule has 1 N–H and O–H groups in total. The molecule has 1 rings (SSSR count). The number of amides is 2. The summed E-state index contributed by atoms with van der Waals surface area (Å²) < 4.78 is 30.6. The molecule has 1 heterocycles. The molecule has 0 spiro atoms. The van der Waals surface area contributed by atoms with E-state index in [1.54, 1.807) is 13.8 Å². The first-order valence-electron chi connectivity index (χ1n) is 4.57. The maximum Gasteiger partial charge on any atom is 0.363 e. The molecule has 0 aromatic heterocycles. The van der Waals surface area contributed by atoms with Crippen molar-refractivity contribution in [3.05, 3.63) is 0 Å². The summed E-state index contributed by atoms with van der Waals surface area (Å²) in [6.07, 6.45) is 0.534. The highest BCUT2D eigenvalue weighted by Gasteiger charge is 2.33.